The second-order valence-electron chi connectivity index (χ2n) is 6.78. The second kappa shape index (κ2) is 7.84. The molecule has 2 aliphatic heterocycles. The monoisotopic (exact) mass is 382 g/mol. The average Bonchev–Trinajstić information content (AvgIpc) is 3.12. The Morgan fingerprint density at radius 1 is 1.31 bits per heavy atom. The zero-order valence-corrected chi connectivity index (χ0v) is 16.0. The lowest BCUT2D eigenvalue weighted by molar-refractivity contribution is -0.124. The summed E-state index contributed by atoms with van der Waals surface area (Å²) in [6.45, 7) is 5.17. The molecule has 3 rings (SSSR count). The van der Waals surface area contributed by atoms with Gasteiger partial charge in [-0.25, -0.2) is 8.42 Å². The van der Waals surface area contributed by atoms with E-state index in [0.717, 1.165) is 12.8 Å². The number of ether oxygens (including phenoxy) is 2. The van der Waals surface area contributed by atoms with Crippen molar-refractivity contribution in [3.63, 3.8) is 0 Å². The number of nitrogens with one attached hydrogen (secondary N) is 1. The van der Waals surface area contributed by atoms with Gasteiger partial charge in [0.05, 0.1) is 4.90 Å². The van der Waals surface area contributed by atoms with Crippen LogP contribution in [0.15, 0.2) is 23.1 Å². The van der Waals surface area contributed by atoms with Crippen LogP contribution in [-0.4, -0.2) is 50.5 Å². The van der Waals surface area contributed by atoms with Crippen molar-refractivity contribution < 1.29 is 22.7 Å². The van der Waals surface area contributed by atoms with E-state index in [1.807, 2.05) is 6.92 Å². The predicted molar refractivity (Wildman–Crippen MR) is 96.9 cm³/mol. The Kier molecular flexibility index (Phi) is 5.72. The standard InChI is InChI=1S/C18H26N2O5S/c1-3-5-13(2)19-18(21)15-6-4-9-20(15)26(22,23)14-7-8-16-17(12-14)25-11-10-24-16/h7-8,12-13,15H,3-6,9-11H2,1-2H3,(H,19,21)/t13-,15-/m0/s1. The number of hydrogen-bond acceptors (Lipinski definition) is 5. The van der Waals surface area contributed by atoms with Crippen molar-refractivity contribution in [2.24, 2.45) is 0 Å². The molecule has 1 fully saturated rings. The summed E-state index contributed by atoms with van der Waals surface area (Å²) in [7, 11) is -3.78. The number of sulfonamides is 1. The molecule has 7 nitrogen and oxygen atoms in total. The van der Waals surface area contributed by atoms with Gasteiger partial charge in [-0.1, -0.05) is 13.3 Å². The van der Waals surface area contributed by atoms with Gasteiger partial charge in [-0.05, 0) is 38.3 Å². The molecule has 2 atom stereocenters. The van der Waals surface area contributed by atoms with Crippen LogP contribution in [0.4, 0.5) is 0 Å². The zero-order valence-electron chi connectivity index (χ0n) is 15.2. The number of rotatable bonds is 6. The fourth-order valence-corrected chi connectivity index (χ4v) is 5.13. The van der Waals surface area contributed by atoms with E-state index in [-0.39, 0.29) is 16.8 Å². The maximum Gasteiger partial charge on any atom is 0.243 e. The molecular weight excluding hydrogens is 356 g/mol. The fourth-order valence-electron chi connectivity index (χ4n) is 3.45. The van der Waals surface area contributed by atoms with Crippen LogP contribution in [0, 0.1) is 0 Å². The summed E-state index contributed by atoms with van der Waals surface area (Å²) < 4.78 is 38.4. The highest BCUT2D eigenvalue weighted by Gasteiger charge is 2.40. The zero-order chi connectivity index (χ0) is 18.7. The van der Waals surface area contributed by atoms with E-state index >= 15 is 0 Å². The van der Waals surface area contributed by atoms with Crippen molar-refractivity contribution in [2.75, 3.05) is 19.8 Å². The first kappa shape index (κ1) is 19.0. The van der Waals surface area contributed by atoms with Crippen LogP contribution < -0.4 is 14.8 Å². The molecule has 1 aromatic rings. The Labute approximate surface area is 154 Å². The summed E-state index contributed by atoms with van der Waals surface area (Å²) in [6, 6.07) is 3.97. The van der Waals surface area contributed by atoms with Crippen LogP contribution in [0.2, 0.25) is 0 Å². The predicted octanol–water partition coefficient (Wildman–Crippen LogP) is 1.92. The van der Waals surface area contributed by atoms with E-state index in [1.165, 1.54) is 16.4 Å². The molecule has 1 aromatic carbocycles. The Bertz CT molecular complexity index is 765. The SMILES string of the molecule is CCC[C@H](C)NC(=O)[C@@H]1CCCN1S(=O)(=O)c1ccc2c(c1)OCCO2. The minimum Gasteiger partial charge on any atom is -0.486 e. The number of carbonyl (C=O) groups excluding carboxylic acids is 1. The van der Waals surface area contributed by atoms with E-state index in [1.54, 1.807) is 6.07 Å². The molecule has 0 aliphatic carbocycles. The summed E-state index contributed by atoms with van der Waals surface area (Å²) in [5.41, 5.74) is 0. The minimum absolute atomic E-state index is 0.0342. The third-order valence-electron chi connectivity index (χ3n) is 4.74. The van der Waals surface area contributed by atoms with Crippen molar-refractivity contribution >= 4 is 15.9 Å². The van der Waals surface area contributed by atoms with Gasteiger partial charge >= 0.3 is 0 Å². The first-order valence-electron chi connectivity index (χ1n) is 9.15. The number of nitrogens with zero attached hydrogens (tertiary/aromatic N) is 1. The molecule has 8 heteroatoms. The molecule has 0 aromatic heterocycles. The normalized spacial score (nSPS) is 21.4. The fraction of sp³-hybridized carbons (Fsp3) is 0.611. The van der Waals surface area contributed by atoms with Gasteiger partial charge in [-0.2, -0.15) is 4.31 Å². The van der Waals surface area contributed by atoms with Gasteiger partial charge in [0, 0.05) is 18.7 Å². The van der Waals surface area contributed by atoms with Crippen molar-refractivity contribution in [2.45, 2.75) is 56.5 Å². The number of carbonyl (C=O) groups is 1. The molecule has 2 heterocycles. The Hall–Kier alpha value is -1.80. The summed E-state index contributed by atoms with van der Waals surface area (Å²) in [4.78, 5) is 12.7. The van der Waals surface area contributed by atoms with Gasteiger partial charge in [0.25, 0.3) is 0 Å². The summed E-state index contributed by atoms with van der Waals surface area (Å²) in [5, 5.41) is 2.94. The van der Waals surface area contributed by atoms with Gasteiger partial charge < -0.3 is 14.8 Å². The molecule has 0 unspecified atom stereocenters. The van der Waals surface area contributed by atoms with Crippen LogP contribution in [0.1, 0.15) is 39.5 Å². The highest BCUT2D eigenvalue weighted by atomic mass is 32.2. The van der Waals surface area contributed by atoms with E-state index in [2.05, 4.69) is 12.2 Å². The maximum atomic E-state index is 13.1. The Morgan fingerprint density at radius 3 is 2.77 bits per heavy atom. The first-order chi connectivity index (χ1) is 12.4. The van der Waals surface area contributed by atoms with Gasteiger partial charge in [-0.15, -0.1) is 0 Å². The molecule has 0 spiro atoms. The summed E-state index contributed by atoms with van der Waals surface area (Å²) >= 11 is 0. The van der Waals surface area contributed by atoms with Gasteiger partial charge in [0.2, 0.25) is 15.9 Å². The van der Waals surface area contributed by atoms with Crippen LogP contribution in [0.3, 0.4) is 0 Å². The molecule has 144 valence electrons. The number of fused-ring (bicyclic) bond motifs is 1. The molecule has 1 N–H and O–H groups in total. The van der Waals surface area contributed by atoms with E-state index in [9.17, 15) is 13.2 Å². The number of hydrogen-bond donors (Lipinski definition) is 1. The van der Waals surface area contributed by atoms with Crippen molar-refractivity contribution in [1.82, 2.24) is 9.62 Å². The molecule has 2 aliphatic rings. The van der Waals surface area contributed by atoms with Crippen molar-refractivity contribution in [3.8, 4) is 11.5 Å². The van der Waals surface area contributed by atoms with E-state index in [4.69, 9.17) is 9.47 Å². The molecule has 1 saturated heterocycles. The lowest BCUT2D eigenvalue weighted by Gasteiger charge is -2.26. The van der Waals surface area contributed by atoms with Crippen LogP contribution in [0.25, 0.3) is 0 Å². The van der Waals surface area contributed by atoms with Gasteiger partial charge in [0.15, 0.2) is 11.5 Å². The molecular formula is C18H26N2O5S. The number of amides is 1. The largest absolute Gasteiger partial charge is 0.486 e. The van der Waals surface area contributed by atoms with Crippen LogP contribution >= 0.6 is 0 Å². The summed E-state index contributed by atoms with van der Waals surface area (Å²) in [5.74, 6) is 0.748. The van der Waals surface area contributed by atoms with E-state index in [0.29, 0.717) is 44.1 Å². The topological polar surface area (TPSA) is 84.9 Å². The Morgan fingerprint density at radius 2 is 2.04 bits per heavy atom. The molecule has 0 saturated carbocycles. The molecule has 1 amide bonds. The van der Waals surface area contributed by atoms with E-state index < -0.39 is 16.1 Å². The van der Waals surface area contributed by atoms with Crippen LogP contribution in [-0.2, 0) is 14.8 Å². The first-order valence-corrected chi connectivity index (χ1v) is 10.6. The third kappa shape index (κ3) is 3.81. The lowest BCUT2D eigenvalue weighted by Crippen LogP contribution is -2.48. The van der Waals surface area contributed by atoms with Gasteiger partial charge in [-0.3, -0.25) is 4.79 Å². The molecule has 0 radical (unpaired) electrons. The van der Waals surface area contributed by atoms with Crippen LogP contribution in [0.5, 0.6) is 11.5 Å². The Balaban J connectivity index is 1.80. The second-order valence-corrected chi connectivity index (χ2v) is 8.67. The van der Waals surface area contributed by atoms with Crippen molar-refractivity contribution in [3.05, 3.63) is 18.2 Å². The summed E-state index contributed by atoms with van der Waals surface area (Å²) in [6.07, 6.45) is 3.04. The number of benzene rings is 1. The minimum atomic E-state index is -3.78. The average molecular weight is 382 g/mol. The maximum absolute atomic E-state index is 13.1. The highest BCUT2D eigenvalue weighted by Crippen LogP contribution is 2.34. The molecule has 0 bridgehead atoms. The van der Waals surface area contributed by atoms with Gasteiger partial charge in [0.1, 0.15) is 19.3 Å². The quantitative estimate of drug-likeness (QED) is 0.812. The molecule has 26 heavy (non-hydrogen) atoms. The highest BCUT2D eigenvalue weighted by molar-refractivity contribution is 7.89. The van der Waals surface area contributed by atoms with Crippen molar-refractivity contribution in [1.29, 1.82) is 0 Å². The smallest absolute Gasteiger partial charge is 0.243 e. The lowest BCUT2D eigenvalue weighted by atomic mass is 10.1. The third-order valence-corrected chi connectivity index (χ3v) is 6.64.